The standard InChI is InChI=1S/C28H39N3O5/c1-7-12-19(2)29-25(33)24(21-15-11-16-22(32)18-21)31(6)26(34)23(17-20-13-9-8-10-14-20)30-27(35)36-28(3,4)5/h8-11,13-16,18-19,23-24,32H,7,12,17H2,1-6H3,(H,29,33)(H,30,35). The molecule has 0 spiro atoms. The van der Waals surface area contributed by atoms with Gasteiger partial charge in [-0.05, 0) is 57.4 Å². The molecule has 0 saturated carbocycles. The van der Waals surface area contributed by atoms with Gasteiger partial charge in [0.05, 0.1) is 0 Å². The van der Waals surface area contributed by atoms with Crippen molar-refractivity contribution in [3.63, 3.8) is 0 Å². The highest BCUT2D eigenvalue weighted by Gasteiger charge is 2.34. The number of hydrogen-bond acceptors (Lipinski definition) is 5. The first kappa shape index (κ1) is 28.7. The number of hydrogen-bond donors (Lipinski definition) is 3. The number of phenolic OH excluding ortho intramolecular Hbond substituents is 1. The zero-order valence-corrected chi connectivity index (χ0v) is 22.1. The summed E-state index contributed by atoms with van der Waals surface area (Å²) in [7, 11) is 1.52. The summed E-state index contributed by atoms with van der Waals surface area (Å²) in [4.78, 5) is 41.1. The van der Waals surface area contributed by atoms with Gasteiger partial charge in [-0.1, -0.05) is 55.8 Å². The van der Waals surface area contributed by atoms with Crippen molar-refractivity contribution in [2.45, 2.75) is 77.6 Å². The summed E-state index contributed by atoms with van der Waals surface area (Å²) in [6.45, 7) is 9.16. The Bertz CT molecular complexity index is 1020. The Morgan fingerprint density at radius 3 is 2.28 bits per heavy atom. The number of amides is 3. The minimum atomic E-state index is -1.01. The largest absolute Gasteiger partial charge is 0.508 e. The number of carbonyl (C=O) groups excluding carboxylic acids is 3. The molecule has 0 aromatic heterocycles. The van der Waals surface area contributed by atoms with E-state index in [1.165, 1.54) is 24.1 Å². The molecule has 0 saturated heterocycles. The Kier molecular flexibility index (Phi) is 10.3. The number of aromatic hydroxyl groups is 1. The lowest BCUT2D eigenvalue weighted by molar-refractivity contribution is -0.141. The fraction of sp³-hybridized carbons (Fsp3) is 0.464. The molecular weight excluding hydrogens is 458 g/mol. The van der Waals surface area contributed by atoms with Gasteiger partial charge in [0.2, 0.25) is 11.8 Å². The van der Waals surface area contributed by atoms with Gasteiger partial charge < -0.3 is 25.4 Å². The van der Waals surface area contributed by atoms with E-state index in [9.17, 15) is 19.5 Å². The Hall–Kier alpha value is -3.55. The predicted molar refractivity (Wildman–Crippen MR) is 139 cm³/mol. The van der Waals surface area contributed by atoms with E-state index < -0.39 is 29.7 Å². The monoisotopic (exact) mass is 497 g/mol. The number of ether oxygens (including phenoxy) is 1. The van der Waals surface area contributed by atoms with Crippen molar-refractivity contribution in [1.29, 1.82) is 0 Å². The van der Waals surface area contributed by atoms with Gasteiger partial charge in [-0.3, -0.25) is 9.59 Å². The molecule has 0 aliphatic heterocycles. The number of carbonyl (C=O) groups is 3. The molecule has 3 amide bonds. The Balaban J connectivity index is 2.39. The van der Waals surface area contributed by atoms with Crippen LogP contribution < -0.4 is 10.6 Å². The van der Waals surface area contributed by atoms with E-state index >= 15 is 0 Å². The zero-order valence-electron chi connectivity index (χ0n) is 22.1. The van der Waals surface area contributed by atoms with Crippen LogP contribution >= 0.6 is 0 Å². The quantitative estimate of drug-likeness (QED) is 0.453. The Morgan fingerprint density at radius 1 is 1.03 bits per heavy atom. The van der Waals surface area contributed by atoms with E-state index in [0.717, 1.165) is 18.4 Å². The third-order valence-electron chi connectivity index (χ3n) is 5.55. The SMILES string of the molecule is CCCC(C)NC(=O)C(c1cccc(O)c1)N(C)C(=O)C(Cc1ccccc1)NC(=O)OC(C)(C)C. The van der Waals surface area contributed by atoms with E-state index in [1.807, 2.05) is 44.2 Å². The average Bonchev–Trinajstić information content (AvgIpc) is 2.78. The number of nitrogens with zero attached hydrogens (tertiary/aromatic N) is 1. The van der Waals surface area contributed by atoms with Crippen LogP contribution in [-0.2, 0) is 20.7 Å². The molecule has 2 rings (SSSR count). The molecule has 0 radical (unpaired) electrons. The first-order chi connectivity index (χ1) is 16.9. The van der Waals surface area contributed by atoms with Crippen molar-refractivity contribution in [3.05, 3.63) is 65.7 Å². The van der Waals surface area contributed by atoms with Gasteiger partial charge in [-0.2, -0.15) is 0 Å². The van der Waals surface area contributed by atoms with E-state index in [2.05, 4.69) is 10.6 Å². The Morgan fingerprint density at radius 2 is 1.69 bits per heavy atom. The fourth-order valence-electron chi connectivity index (χ4n) is 3.95. The lowest BCUT2D eigenvalue weighted by Crippen LogP contribution is -2.53. The minimum absolute atomic E-state index is 0.0135. The predicted octanol–water partition coefficient (Wildman–Crippen LogP) is 4.33. The first-order valence-corrected chi connectivity index (χ1v) is 12.3. The van der Waals surface area contributed by atoms with Crippen molar-refractivity contribution >= 4 is 17.9 Å². The smallest absolute Gasteiger partial charge is 0.408 e. The molecular formula is C28H39N3O5. The summed E-state index contributed by atoms with van der Waals surface area (Å²) in [6, 6.07) is 13.5. The zero-order chi connectivity index (χ0) is 26.9. The van der Waals surface area contributed by atoms with Crippen LogP contribution in [0.4, 0.5) is 4.79 Å². The van der Waals surface area contributed by atoms with Gasteiger partial charge in [-0.25, -0.2) is 4.79 Å². The lowest BCUT2D eigenvalue weighted by atomic mass is 10.0. The molecule has 196 valence electrons. The molecule has 0 aliphatic carbocycles. The molecule has 0 aliphatic rings. The van der Waals surface area contributed by atoms with E-state index in [-0.39, 0.29) is 24.1 Å². The second-order valence-corrected chi connectivity index (χ2v) is 10.0. The Labute approximate surface area is 214 Å². The third-order valence-corrected chi connectivity index (χ3v) is 5.55. The van der Waals surface area contributed by atoms with Crippen LogP contribution in [0.3, 0.4) is 0 Å². The van der Waals surface area contributed by atoms with Crippen LogP contribution in [0.5, 0.6) is 5.75 Å². The third kappa shape index (κ3) is 8.91. The van der Waals surface area contributed by atoms with Gasteiger partial charge >= 0.3 is 6.09 Å². The highest BCUT2D eigenvalue weighted by atomic mass is 16.6. The minimum Gasteiger partial charge on any atom is -0.508 e. The van der Waals surface area contributed by atoms with Crippen molar-refractivity contribution in [3.8, 4) is 5.75 Å². The highest BCUT2D eigenvalue weighted by Crippen LogP contribution is 2.25. The van der Waals surface area contributed by atoms with E-state index in [0.29, 0.717) is 5.56 Å². The summed E-state index contributed by atoms with van der Waals surface area (Å²) in [6.07, 6.45) is 1.17. The summed E-state index contributed by atoms with van der Waals surface area (Å²) >= 11 is 0. The second-order valence-electron chi connectivity index (χ2n) is 10.0. The van der Waals surface area contributed by atoms with Crippen LogP contribution in [-0.4, -0.2) is 52.6 Å². The molecule has 3 N–H and O–H groups in total. The highest BCUT2D eigenvalue weighted by molar-refractivity contribution is 5.92. The lowest BCUT2D eigenvalue weighted by Gasteiger charge is -2.32. The van der Waals surface area contributed by atoms with Gasteiger partial charge in [0.1, 0.15) is 23.4 Å². The molecule has 8 nitrogen and oxygen atoms in total. The van der Waals surface area contributed by atoms with E-state index in [4.69, 9.17) is 4.74 Å². The van der Waals surface area contributed by atoms with Gasteiger partial charge in [0, 0.05) is 19.5 Å². The fourth-order valence-corrected chi connectivity index (χ4v) is 3.95. The molecule has 8 heteroatoms. The van der Waals surface area contributed by atoms with Crippen molar-refractivity contribution in [1.82, 2.24) is 15.5 Å². The van der Waals surface area contributed by atoms with Gasteiger partial charge in [-0.15, -0.1) is 0 Å². The maximum absolute atomic E-state index is 13.8. The summed E-state index contributed by atoms with van der Waals surface area (Å²) in [5.74, 6) is -0.843. The van der Waals surface area contributed by atoms with Crippen LogP contribution in [0, 0.1) is 0 Å². The number of phenols is 1. The van der Waals surface area contributed by atoms with Crippen molar-refractivity contribution in [2.24, 2.45) is 0 Å². The number of alkyl carbamates (subject to hydrolysis) is 1. The number of benzene rings is 2. The molecule has 2 aromatic rings. The molecule has 2 aromatic carbocycles. The van der Waals surface area contributed by atoms with Crippen molar-refractivity contribution in [2.75, 3.05) is 7.05 Å². The van der Waals surface area contributed by atoms with Crippen LogP contribution in [0.25, 0.3) is 0 Å². The molecule has 3 atom stereocenters. The molecule has 0 fully saturated rings. The second kappa shape index (κ2) is 13.0. The summed E-state index contributed by atoms with van der Waals surface area (Å²) in [5, 5.41) is 15.7. The number of nitrogens with one attached hydrogen (secondary N) is 2. The van der Waals surface area contributed by atoms with Gasteiger partial charge in [0.25, 0.3) is 0 Å². The van der Waals surface area contributed by atoms with Gasteiger partial charge in [0.15, 0.2) is 0 Å². The molecule has 0 heterocycles. The first-order valence-electron chi connectivity index (χ1n) is 12.3. The normalized spacial score (nSPS) is 13.7. The summed E-state index contributed by atoms with van der Waals surface area (Å²) in [5.41, 5.74) is 0.563. The molecule has 36 heavy (non-hydrogen) atoms. The molecule has 3 unspecified atom stereocenters. The number of rotatable bonds is 10. The molecule has 0 bridgehead atoms. The average molecular weight is 498 g/mol. The maximum Gasteiger partial charge on any atom is 0.408 e. The van der Waals surface area contributed by atoms with Crippen molar-refractivity contribution < 1.29 is 24.2 Å². The maximum atomic E-state index is 13.8. The van der Waals surface area contributed by atoms with Crippen LogP contribution in [0.2, 0.25) is 0 Å². The van der Waals surface area contributed by atoms with Crippen LogP contribution in [0.1, 0.15) is 64.6 Å². The topological polar surface area (TPSA) is 108 Å². The van der Waals surface area contributed by atoms with Crippen LogP contribution in [0.15, 0.2) is 54.6 Å². The summed E-state index contributed by atoms with van der Waals surface area (Å²) < 4.78 is 5.39. The number of likely N-dealkylation sites (N-methyl/N-ethyl adjacent to an activating group) is 1. The van der Waals surface area contributed by atoms with E-state index in [1.54, 1.807) is 32.9 Å².